The molecule has 0 saturated heterocycles. The normalized spacial score (nSPS) is 13.2. The number of nitrogens with zero attached hydrogens (tertiary/aromatic N) is 6. The predicted octanol–water partition coefficient (Wildman–Crippen LogP) is 27.6. The zero-order valence-corrected chi connectivity index (χ0v) is 61.2. The molecule has 0 aliphatic carbocycles. The van der Waals surface area contributed by atoms with Crippen LogP contribution in [-0.2, 0) is 0 Å². The molecule has 13 rings (SSSR count). The van der Waals surface area contributed by atoms with Gasteiger partial charge in [0.1, 0.15) is 60.7 Å². The second-order valence-electron chi connectivity index (χ2n) is 23.8. The highest BCUT2D eigenvalue weighted by atomic mass is 35.5. The standard InChI is InChI=1S/C73H57Cl11N8O4/c1-10-30(5)35-22-14-18-26-39(35)93-62-51(74)34(9)43-44(55(62)78)67-85-66(43)86-71-48-45(52(75)59(82)63(56(48)79)94-40-27-19-15-23-36(40)31(6)11-2)69(89-71)88-70-47-50(58(81)65(61(84)54(47)77)96-42-29-21-17-25-38(42)33(8)13-4)73(91-70)92-72-49-46(68(87-67)90-72)53(76)60(83)64(57(49)80)95-41-28-20-16-24-37(41)32(7)12-3/h14-33H,10-13H2,1-9H3,(H2,85,86,87,88,89,90,91,92). The lowest BCUT2D eigenvalue weighted by Gasteiger charge is -2.19. The minimum absolute atomic E-state index is 0.00130. The van der Waals surface area contributed by atoms with Crippen molar-refractivity contribution < 1.29 is 18.9 Å². The number of rotatable bonds is 16. The van der Waals surface area contributed by atoms with E-state index < -0.39 is 0 Å². The third-order valence-corrected chi connectivity index (χ3v) is 22.5. The van der Waals surface area contributed by atoms with Crippen LogP contribution in [0, 0.1) is 6.92 Å². The number of aryl methyl sites for hydroxylation is 1. The van der Waals surface area contributed by atoms with Crippen LogP contribution < -0.4 is 18.9 Å². The van der Waals surface area contributed by atoms with Crippen LogP contribution in [0.5, 0.6) is 46.0 Å². The van der Waals surface area contributed by atoms with Gasteiger partial charge in [0.15, 0.2) is 46.3 Å². The second-order valence-corrected chi connectivity index (χ2v) is 28.0. The Labute approximate surface area is 608 Å². The number of ether oxygens (including phenoxy) is 4. The van der Waals surface area contributed by atoms with Crippen LogP contribution in [0.1, 0.15) is 133 Å². The lowest BCUT2D eigenvalue weighted by atomic mass is 9.98. The van der Waals surface area contributed by atoms with Gasteiger partial charge in [-0.3, -0.25) is 0 Å². The van der Waals surface area contributed by atoms with Gasteiger partial charge in [0.2, 0.25) is 0 Å². The summed E-state index contributed by atoms with van der Waals surface area (Å²) in [5.74, 6) is 2.51. The molecule has 2 aliphatic rings. The van der Waals surface area contributed by atoms with Crippen LogP contribution in [0.3, 0.4) is 0 Å². The molecule has 0 spiro atoms. The molecule has 0 saturated carbocycles. The summed E-state index contributed by atoms with van der Waals surface area (Å²) in [6.07, 6.45) is 3.26. The Bertz CT molecular complexity index is 5230. The first-order chi connectivity index (χ1) is 46.1. The Kier molecular flexibility index (Phi) is 19.4. The SMILES string of the molecule is CCC(C)c1ccccc1Oc1c(Cl)c(Cl)c2c(c1Cl)-c1nc-2nc2[nH]c(nc3nc(nc4[nH]c(n1)c1c(C)c(Cl)c(Oc5ccccc5C(C)CC)c(Cl)c41)-c1c(Cl)c(Cl)c(Oc4ccccc4C(C)CC)c(Cl)c1-3)c1c(Cl)c(Oc3ccccc3C(C)CC)c(Cl)c(Cl)c21. The van der Waals surface area contributed by atoms with Crippen molar-refractivity contribution in [1.82, 2.24) is 39.9 Å². The van der Waals surface area contributed by atoms with Crippen molar-refractivity contribution in [3.8, 4) is 91.5 Å². The van der Waals surface area contributed by atoms with Crippen molar-refractivity contribution >= 4 is 172 Å². The smallest absolute Gasteiger partial charge is 0.166 e. The Balaban J connectivity index is 1.19. The number of nitrogens with one attached hydrogen (secondary N) is 2. The number of hydrogen-bond donors (Lipinski definition) is 2. The van der Waals surface area contributed by atoms with E-state index in [2.05, 4.69) is 65.4 Å². The molecule has 2 aliphatic heterocycles. The summed E-state index contributed by atoms with van der Waals surface area (Å²) in [7, 11) is 0. The molecule has 12 nitrogen and oxygen atoms in total. The molecule has 5 heterocycles. The van der Waals surface area contributed by atoms with Gasteiger partial charge in [-0.25, -0.2) is 29.9 Å². The molecule has 4 atom stereocenters. The average molecular weight is 1500 g/mol. The molecule has 0 radical (unpaired) electrons. The Morgan fingerprint density at radius 1 is 0.302 bits per heavy atom. The number of aromatic nitrogens is 8. The van der Waals surface area contributed by atoms with E-state index >= 15 is 0 Å². The third kappa shape index (κ3) is 11.6. The average Bonchev–Trinajstić information content (AvgIpc) is 1.56. The molecule has 8 aromatic carbocycles. The van der Waals surface area contributed by atoms with E-state index in [1.54, 1.807) is 0 Å². The first-order valence-electron chi connectivity index (χ1n) is 31.1. The Morgan fingerprint density at radius 3 is 0.875 bits per heavy atom. The maximum absolute atomic E-state index is 7.77. The summed E-state index contributed by atoms with van der Waals surface area (Å²) in [5, 5.41) is 1.09. The second kappa shape index (κ2) is 27.3. The molecule has 490 valence electrons. The number of H-pyrrole nitrogens is 2. The van der Waals surface area contributed by atoms with E-state index in [1.807, 2.05) is 104 Å². The topological polar surface area (TPSA) is 146 Å². The lowest BCUT2D eigenvalue weighted by Crippen LogP contribution is -1.98. The van der Waals surface area contributed by atoms with Crippen molar-refractivity contribution in [3.05, 3.63) is 180 Å². The summed E-state index contributed by atoms with van der Waals surface area (Å²) in [6.45, 7) is 18.6. The number of fused-ring (bicyclic) bond motifs is 20. The molecule has 3 aromatic heterocycles. The predicted molar refractivity (Wildman–Crippen MR) is 397 cm³/mol. The molecular weight excluding hydrogens is 1440 g/mol. The van der Waals surface area contributed by atoms with Crippen molar-refractivity contribution in [2.24, 2.45) is 0 Å². The lowest BCUT2D eigenvalue weighted by molar-refractivity contribution is 0.471. The monoisotopic (exact) mass is 1490 g/mol. The molecule has 11 aromatic rings. The van der Waals surface area contributed by atoms with Gasteiger partial charge >= 0.3 is 0 Å². The molecule has 96 heavy (non-hydrogen) atoms. The van der Waals surface area contributed by atoms with Crippen molar-refractivity contribution in [2.45, 2.75) is 112 Å². The Morgan fingerprint density at radius 2 is 0.552 bits per heavy atom. The maximum Gasteiger partial charge on any atom is 0.166 e. The van der Waals surface area contributed by atoms with Crippen molar-refractivity contribution in [3.63, 3.8) is 0 Å². The number of halogens is 11. The highest BCUT2D eigenvalue weighted by Gasteiger charge is 2.37. The van der Waals surface area contributed by atoms with Gasteiger partial charge in [-0.05, 0) is 108 Å². The zero-order chi connectivity index (χ0) is 68.0. The van der Waals surface area contributed by atoms with Crippen molar-refractivity contribution in [1.29, 1.82) is 0 Å². The van der Waals surface area contributed by atoms with Crippen LogP contribution >= 0.6 is 128 Å². The first-order valence-corrected chi connectivity index (χ1v) is 35.3. The van der Waals surface area contributed by atoms with E-state index in [4.69, 9.17) is 176 Å². The van der Waals surface area contributed by atoms with Gasteiger partial charge in [-0.2, -0.15) is 0 Å². The first kappa shape index (κ1) is 68.1. The minimum Gasteiger partial charge on any atom is -0.454 e. The number of hydrogen-bond acceptors (Lipinski definition) is 10. The highest BCUT2D eigenvalue weighted by Crippen LogP contribution is 2.58. The van der Waals surface area contributed by atoms with E-state index in [-0.39, 0.29) is 181 Å². The largest absolute Gasteiger partial charge is 0.454 e. The molecule has 8 bridgehead atoms. The fourth-order valence-electron chi connectivity index (χ4n) is 12.1. The summed E-state index contributed by atoms with van der Waals surface area (Å²) in [5.41, 5.74) is 5.20. The molecular formula is C73H57Cl11N8O4. The van der Waals surface area contributed by atoms with Gasteiger partial charge in [0.25, 0.3) is 0 Å². The number of aromatic amines is 2. The zero-order valence-electron chi connectivity index (χ0n) is 52.8. The molecule has 23 heteroatoms. The fourth-order valence-corrected chi connectivity index (χ4v) is 15.2. The van der Waals surface area contributed by atoms with Crippen LogP contribution in [-0.4, -0.2) is 39.9 Å². The van der Waals surface area contributed by atoms with Crippen molar-refractivity contribution in [2.75, 3.05) is 0 Å². The van der Waals surface area contributed by atoms with Gasteiger partial charge in [0, 0.05) is 5.39 Å². The molecule has 0 amide bonds. The van der Waals surface area contributed by atoms with E-state index in [0.717, 1.165) is 47.9 Å². The summed E-state index contributed by atoms with van der Waals surface area (Å²) < 4.78 is 27.1. The number of benzene rings is 8. The van der Waals surface area contributed by atoms with E-state index in [9.17, 15) is 0 Å². The third-order valence-electron chi connectivity index (χ3n) is 18.1. The Hall–Kier alpha value is -6.49. The van der Waals surface area contributed by atoms with Crippen LogP contribution in [0.2, 0.25) is 55.2 Å². The summed E-state index contributed by atoms with van der Waals surface area (Å²) >= 11 is 83.4. The molecule has 0 fully saturated rings. The van der Waals surface area contributed by atoms with E-state index in [1.165, 1.54) is 0 Å². The van der Waals surface area contributed by atoms with Crippen LogP contribution in [0.15, 0.2) is 97.1 Å². The fraction of sp³-hybridized carbons (Fsp3) is 0.233. The molecule has 4 unspecified atom stereocenters. The van der Waals surface area contributed by atoms with Gasteiger partial charge in [-0.1, -0.05) is 256 Å². The summed E-state index contributed by atoms with van der Waals surface area (Å²) in [6, 6.07) is 30.6. The highest BCUT2D eigenvalue weighted by molar-refractivity contribution is 6.52. The van der Waals surface area contributed by atoms with Gasteiger partial charge < -0.3 is 28.9 Å². The summed E-state index contributed by atoms with van der Waals surface area (Å²) in [4.78, 5) is 38.5. The van der Waals surface area contributed by atoms with Crippen LogP contribution in [0.4, 0.5) is 0 Å². The quantitative estimate of drug-likeness (QED) is 0.0897. The van der Waals surface area contributed by atoms with Crippen LogP contribution in [0.25, 0.3) is 89.7 Å². The van der Waals surface area contributed by atoms with Gasteiger partial charge in [-0.15, -0.1) is 0 Å². The van der Waals surface area contributed by atoms with Gasteiger partial charge in [0.05, 0.1) is 78.6 Å². The number of para-hydroxylation sites is 4. The molecule has 2 N–H and O–H groups in total. The minimum atomic E-state index is -0.0438. The van der Waals surface area contributed by atoms with E-state index in [0.29, 0.717) is 39.3 Å². The maximum atomic E-state index is 7.77.